The van der Waals surface area contributed by atoms with E-state index in [4.69, 9.17) is 0 Å². The van der Waals surface area contributed by atoms with E-state index < -0.39 is 11.9 Å². The number of anilines is 1. The highest BCUT2D eigenvalue weighted by molar-refractivity contribution is 6.05. The molecule has 0 aromatic heterocycles. The molecule has 0 bridgehead atoms. The Morgan fingerprint density at radius 1 is 1.18 bits per heavy atom. The lowest BCUT2D eigenvalue weighted by molar-refractivity contribution is -0.136. The number of carbonyl (C=O) groups excluding carboxylic acids is 4. The van der Waals surface area contributed by atoms with Crippen molar-refractivity contribution in [2.45, 2.75) is 50.7 Å². The fraction of sp³-hybridized carbons (Fsp3) is 0.500. The number of hydrogen-bond donors (Lipinski definition) is 2. The topological polar surface area (TPSA) is 98.8 Å². The molecule has 1 aliphatic carbocycles. The van der Waals surface area contributed by atoms with Gasteiger partial charge >= 0.3 is 6.03 Å². The quantitative estimate of drug-likeness (QED) is 0.757. The minimum Gasteiger partial charge on any atom is -0.322 e. The Bertz CT molecular complexity index is 898. The van der Waals surface area contributed by atoms with Crippen molar-refractivity contribution in [2.24, 2.45) is 5.92 Å². The van der Waals surface area contributed by atoms with E-state index in [1.807, 2.05) is 11.0 Å². The van der Waals surface area contributed by atoms with E-state index in [-0.39, 0.29) is 24.3 Å². The van der Waals surface area contributed by atoms with E-state index in [2.05, 4.69) is 10.6 Å². The summed E-state index contributed by atoms with van der Waals surface area (Å²) in [6, 6.07) is 4.92. The lowest BCUT2D eigenvalue weighted by Gasteiger charge is -2.29. The molecule has 146 valence electrons. The summed E-state index contributed by atoms with van der Waals surface area (Å²) >= 11 is 0. The van der Waals surface area contributed by atoms with E-state index in [1.165, 1.54) is 11.3 Å². The first-order chi connectivity index (χ1) is 13.5. The standard InChI is InChI=1S/C20H22N4O4/c25-17-6-5-15(18(26)22-17)24-10-12-8-13(3-4-14(12)19(24)27)21-20(28)23-7-1-2-11-9-16(11)23/h3-4,8,11,15-16H,1-2,5-7,9-10H2,(H,21,28)(H,22,25,26). The molecule has 4 aliphatic rings. The summed E-state index contributed by atoms with van der Waals surface area (Å²) < 4.78 is 0. The first kappa shape index (κ1) is 17.2. The van der Waals surface area contributed by atoms with Crippen molar-refractivity contribution in [2.75, 3.05) is 11.9 Å². The molecule has 8 heteroatoms. The van der Waals surface area contributed by atoms with Gasteiger partial charge in [0.1, 0.15) is 6.04 Å². The molecule has 5 amide bonds. The molecule has 28 heavy (non-hydrogen) atoms. The number of nitrogens with zero attached hydrogens (tertiary/aromatic N) is 2. The monoisotopic (exact) mass is 382 g/mol. The Balaban J connectivity index is 1.29. The smallest absolute Gasteiger partial charge is 0.322 e. The van der Waals surface area contributed by atoms with Crippen LogP contribution in [0, 0.1) is 5.92 Å². The zero-order valence-corrected chi connectivity index (χ0v) is 15.4. The molecule has 0 radical (unpaired) electrons. The summed E-state index contributed by atoms with van der Waals surface area (Å²) in [5.74, 6) is -0.264. The van der Waals surface area contributed by atoms with Crippen molar-refractivity contribution in [3.8, 4) is 0 Å². The fourth-order valence-electron chi connectivity index (χ4n) is 4.71. The number of carbonyl (C=O) groups is 4. The van der Waals surface area contributed by atoms with Crippen LogP contribution in [0.15, 0.2) is 18.2 Å². The van der Waals surface area contributed by atoms with Crippen molar-refractivity contribution in [1.29, 1.82) is 0 Å². The zero-order valence-electron chi connectivity index (χ0n) is 15.4. The Labute approximate surface area is 162 Å². The highest BCUT2D eigenvalue weighted by atomic mass is 16.2. The number of imide groups is 1. The molecule has 1 saturated carbocycles. The lowest BCUT2D eigenvalue weighted by Crippen LogP contribution is -2.52. The maximum Gasteiger partial charge on any atom is 0.322 e. The van der Waals surface area contributed by atoms with Crippen LogP contribution >= 0.6 is 0 Å². The third kappa shape index (κ3) is 2.83. The van der Waals surface area contributed by atoms with Crippen LogP contribution in [0.25, 0.3) is 0 Å². The highest BCUT2D eigenvalue weighted by Gasteiger charge is 2.46. The minimum atomic E-state index is -0.629. The zero-order chi connectivity index (χ0) is 19.4. The van der Waals surface area contributed by atoms with Crippen molar-refractivity contribution in [1.82, 2.24) is 15.1 Å². The minimum absolute atomic E-state index is 0.0847. The summed E-state index contributed by atoms with van der Waals surface area (Å²) in [6.07, 6.45) is 3.94. The molecule has 2 N–H and O–H groups in total. The molecule has 1 aromatic carbocycles. The Kier molecular flexibility index (Phi) is 3.89. The van der Waals surface area contributed by atoms with Crippen molar-refractivity contribution >= 4 is 29.4 Å². The maximum atomic E-state index is 12.7. The van der Waals surface area contributed by atoms with Crippen molar-refractivity contribution in [3.05, 3.63) is 29.3 Å². The van der Waals surface area contributed by atoms with Gasteiger partial charge in [-0.1, -0.05) is 0 Å². The van der Waals surface area contributed by atoms with Crippen LogP contribution < -0.4 is 10.6 Å². The first-order valence-corrected chi connectivity index (χ1v) is 9.86. The van der Waals surface area contributed by atoms with E-state index in [0.717, 1.165) is 24.9 Å². The summed E-state index contributed by atoms with van der Waals surface area (Å²) in [7, 11) is 0. The SMILES string of the molecule is O=C1CCC(N2Cc3cc(NC(=O)N4CCCC5CC54)ccc3C2=O)C(=O)N1. The van der Waals surface area contributed by atoms with E-state index in [0.29, 0.717) is 36.2 Å². The van der Waals surface area contributed by atoms with Crippen molar-refractivity contribution < 1.29 is 19.2 Å². The van der Waals surface area contributed by atoms with E-state index in [9.17, 15) is 19.2 Å². The number of amides is 5. The largest absolute Gasteiger partial charge is 0.322 e. The van der Waals surface area contributed by atoms with Gasteiger partial charge in [-0.2, -0.15) is 0 Å². The number of benzene rings is 1. The Morgan fingerprint density at radius 2 is 2.04 bits per heavy atom. The molecule has 1 aromatic rings. The van der Waals surface area contributed by atoms with Gasteiger partial charge in [-0.15, -0.1) is 0 Å². The third-order valence-electron chi connectivity index (χ3n) is 6.30. The third-order valence-corrected chi connectivity index (χ3v) is 6.30. The van der Waals surface area contributed by atoms with Gasteiger partial charge in [-0.05, 0) is 55.4 Å². The van der Waals surface area contributed by atoms with Gasteiger partial charge in [0.2, 0.25) is 11.8 Å². The summed E-state index contributed by atoms with van der Waals surface area (Å²) in [5, 5.41) is 5.26. The fourth-order valence-corrected chi connectivity index (χ4v) is 4.71. The Morgan fingerprint density at radius 3 is 2.86 bits per heavy atom. The van der Waals surface area contributed by atoms with E-state index in [1.54, 1.807) is 12.1 Å². The second kappa shape index (κ2) is 6.32. The molecule has 3 fully saturated rings. The number of fused-ring (bicyclic) bond motifs is 2. The second-order valence-corrected chi connectivity index (χ2v) is 8.10. The van der Waals surface area contributed by atoms with Crippen molar-refractivity contribution in [3.63, 3.8) is 0 Å². The summed E-state index contributed by atoms with van der Waals surface area (Å²) in [4.78, 5) is 52.2. The predicted octanol–water partition coefficient (Wildman–Crippen LogP) is 1.46. The van der Waals surface area contributed by atoms with Crippen LogP contribution in [0.3, 0.4) is 0 Å². The second-order valence-electron chi connectivity index (χ2n) is 8.10. The first-order valence-electron chi connectivity index (χ1n) is 9.86. The number of likely N-dealkylation sites (tertiary alicyclic amines) is 1. The molecule has 3 heterocycles. The van der Waals surface area contributed by atoms with Crippen LogP contribution in [0.4, 0.5) is 10.5 Å². The van der Waals surface area contributed by atoms with Gasteiger partial charge in [0, 0.05) is 36.8 Å². The van der Waals surface area contributed by atoms with Gasteiger partial charge in [-0.3, -0.25) is 19.7 Å². The van der Waals surface area contributed by atoms with Crippen LogP contribution in [0.5, 0.6) is 0 Å². The average molecular weight is 382 g/mol. The Hall–Kier alpha value is -2.90. The van der Waals surface area contributed by atoms with Gasteiger partial charge < -0.3 is 15.1 Å². The van der Waals surface area contributed by atoms with Gasteiger partial charge in [0.25, 0.3) is 5.91 Å². The van der Waals surface area contributed by atoms with Gasteiger partial charge in [0.15, 0.2) is 0 Å². The van der Waals surface area contributed by atoms with Crippen LogP contribution in [-0.2, 0) is 16.1 Å². The molecule has 3 aliphatic heterocycles. The lowest BCUT2D eigenvalue weighted by atomic mass is 10.0. The molecule has 3 atom stereocenters. The normalized spacial score (nSPS) is 28.6. The molecular formula is C20H22N4O4. The summed E-state index contributed by atoms with van der Waals surface area (Å²) in [6.45, 7) is 1.10. The number of nitrogens with one attached hydrogen (secondary N) is 2. The molecule has 8 nitrogen and oxygen atoms in total. The molecule has 3 unspecified atom stereocenters. The number of rotatable bonds is 2. The number of urea groups is 1. The van der Waals surface area contributed by atoms with Crippen LogP contribution in [-0.4, -0.2) is 52.2 Å². The van der Waals surface area contributed by atoms with Crippen LogP contribution in [0.1, 0.15) is 48.0 Å². The predicted molar refractivity (Wildman–Crippen MR) is 99.3 cm³/mol. The van der Waals surface area contributed by atoms with Crippen LogP contribution in [0.2, 0.25) is 0 Å². The molecule has 2 saturated heterocycles. The highest BCUT2D eigenvalue weighted by Crippen LogP contribution is 2.43. The molecular weight excluding hydrogens is 360 g/mol. The van der Waals surface area contributed by atoms with Gasteiger partial charge in [0.05, 0.1) is 0 Å². The number of hydrogen-bond acceptors (Lipinski definition) is 4. The van der Waals surface area contributed by atoms with Gasteiger partial charge in [-0.25, -0.2) is 4.79 Å². The summed E-state index contributed by atoms with van der Waals surface area (Å²) in [5.41, 5.74) is 1.99. The average Bonchev–Trinajstić information content (AvgIpc) is 3.39. The van der Waals surface area contributed by atoms with E-state index >= 15 is 0 Å². The molecule has 0 spiro atoms. The maximum absolute atomic E-state index is 12.7. The number of piperidine rings is 2. The molecule has 5 rings (SSSR count).